The van der Waals surface area contributed by atoms with Gasteiger partial charge in [-0.25, -0.2) is 0 Å². The van der Waals surface area contributed by atoms with Crippen LogP contribution in [0.15, 0.2) is 75.3 Å². The van der Waals surface area contributed by atoms with Gasteiger partial charge in [0.05, 0.1) is 11.2 Å². The molecule has 1 unspecified atom stereocenters. The summed E-state index contributed by atoms with van der Waals surface area (Å²) in [7, 11) is 0. The van der Waals surface area contributed by atoms with Gasteiger partial charge in [-0.3, -0.25) is 9.59 Å². The quantitative estimate of drug-likeness (QED) is 0.369. The summed E-state index contributed by atoms with van der Waals surface area (Å²) in [4.78, 5) is 24.4. The predicted octanol–water partition coefficient (Wildman–Crippen LogP) is 5.20. The molecule has 0 saturated carbocycles. The molecule has 0 bridgehead atoms. The number of halogens is 2. The van der Waals surface area contributed by atoms with E-state index in [2.05, 4.69) is 20.8 Å². The number of furan rings is 1. The molecule has 3 aromatic rings. The van der Waals surface area contributed by atoms with E-state index >= 15 is 0 Å². The summed E-state index contributed by atoms with van der Waals surface area (Å²) in [5.74, 6) is 0.513. The van der Waals surface area contributed by atoms with Gasteiger partial charge in [-0.05, 0) is 48.5 Å². The summed E-state index contributed by atoms with van der Waals surface area (Å²) in [5, 5.41) is 14.2. The topological polar surface area (TPSA) is 96.1 Å². The van der Waals surface area contributed by atoms with Crippen LogP contribution in [0.5, 0.6) is 0 Å². The second kappa shape index (κ2) is 10.0. The van der Waals surface area contributed by atoms with Crippen molar-refractivity contribution in [1.82, 2.24) is 5.32 Å². The number of hydrogen-bond donors (Lipinski definition) is 2. The number of rotatable bonds is 6. The minimum Gasteiger partial charge on any atom is -0.455 e. The Balaban J connectivity index is 1.33. The fourth-order valence-electron chi connectivity index (χ4n) is 2.87. The van der Waals surface area contributed by atoms with E-state index in [-0.39, 0.29) is 18.2 Å². The van der Waals surface area contributed by atoms with Crippen molar-refractivity contribution < 1.29 is 14.0 Å². The van der Waals surface area contributed by atoms with Gasteiger partial charge in [0.15, 0.2) is 5.17 Å². The predicted molar refractivity (Wildman–Crippen MR) is 128 cm³/mol. The van der Waals surface area contributed by atoms with E-state index in [0.29, 0.717) is 32.4 Å². The number of thioether (sulfide) groups is 1. The third kappa shape index (κ3) is 5.59. The molecular weight excluding hydrogens is 471 g/mol. The summed E-state index contributed by atoms with van der Waals surface area (Å²) in [6, 6.07) is 17.6. The molecule has 162 valence electrons. The molecule has 1 fully saturated rings. The molecule has 4 rings (SSSR count). The number of amidine groups is 1. The average molecular weight is 487 g/mol. The number of carbonyl (C=O) groups is 2. The van der Waals surface area contributed by atoms with Crippen molar-refractivity contribution in [1.29, 1.82) is 0 Å². The van der Waals surface area contributed by atoms with Gasteiger partial charge in [0, 0.05) is 22.7 Å². The highest BCUT2D eigenvalue weighted by Crippen LogP contribution is 2.28. The van der Waals surface area contributed by atoms with Crippen molar-refractivity contribution in [3.05, 3.63) is 76.5 Å². The van der Waals surface area contributed by atoms with E-state index in [9.17, 15) is 9.59 Å². The Labute approximate surface area is 197 Å². The summed E-state index contributed by atoms with van der Waals surface area (Å²) in [6.45, 7) is 0. The van der Waals surface area contributed by atoms with Gasteiger partial charge in [-0.1, -0.05) is 47.1 Å². The van der Waals surface area contributed by atoms with Crippen LogP contribution in [0.25, 0.3) is 11.3 Å². The van der Waals surface area contributed by atoms with E-state index in [4.69, 9.17) is 27.6 Å². The molecule has 0 spiro atoms. The Bertz CT molecular complexity index is 1210. The molecule has 2 amide bonds. The highest BCUT2D eigenvalue weighted by atomic mass is 35.5. The summed E-state index contributed by atoms with van der Waals surface area (Å²) >= 11 is 13.2. The van der Waals surface area contributed by atoms with Gasteiger partial charge in [-0.2, -0.15) is 5.10 Å². The van der Waals surface area contributed by atoms with E-state index in [0.717, 1.165) is 17.3 Å². The molecule has 0 radical (unpaired) electrons. The third-order valence-electron chi connectivity index (χ3n) is 4.37. The van der Waals surface area contributed by atoms with Crippen molar-refractivity contribution in [2.75, 3.05) is 5.32 Å². The average Bonchev–Trinajstić information content (AvgIpc) is 3.37. The molecule has 0 aliphatic carbocycles. The lowest BCUT2D eigenvalue weighted by molar-refractivity contribution is -0.122. The van der Waals surface area contributed by atoms with Crippen LogP contribution >= 0.6 is 35.0 Å². The zero-order valence-corrected chi connectivity index (χ0v) is 18.7. The Morgan fingerprint density at radius 2 is 1.91 bits per heavy atom. The van der Waals surface area contributed by atoms with Crippen molar-refractivity contribution >= 4 is 63.8 Å². The molecule has 2 aromatic carbocycles. The summed E-state index contributed by atoms with van der Waals surface area (Å²) < 4.78 is 5.72. The van der Waals surface area contributed by atoms with Crippen molar-refractivity contribution in [2.45, 2.75) is 11.7 Å². The van der Waals surface area contributed by atoms with Gasteiger partial charge >= 0.3 is 0 Å². The summed E-state index contributed by atoms with van der Waals surface area (Å²) in [5.41, 5.74) is 1.38. The minimum atomic E-state index is -0.591. The van der Waals surface area contributed by atoms with Gasteiger partial charge in [0.1, 0.15) is 16.8 Å². The van der Waals surface area contributed by atoms with Crippen LogP contribution in [0.3, 0.4) is 0 Å². The Kier molecular flexibility index (Phi) is 6.94. The van der Waals surface area contributed by atoms with Crippen molar-refractivity contribution in [3.8, 4) is 11.3 Å². The normalized spacial score (nSPS) is 17.1. The highest BCUT2D eigenvalue weighted by Gasteiger charge is 2.32. The molecule has 1 aliphatic heterocycles. The van der Waals surface area contributed by atoms with Crippen molar-refractivity contribution in [3.63, 3.8) is 0 Å². The first kappa shape index (κ1) is 22.1. The summed E-state index contributed by atoms with van der Waals surface area (Å²) in [6.07, 6.45) is 1.43. The van der Waals surface area contributed by atoms with Crippen molar-refractivity contribution in [2.24, 2.45) is 10.2 Å². The maximum atomic E-state index is 12.2. The minimum absolute atomic E-state index is 0.00123. The number of anilines is 1. The lowest BCUT2D eigenvalue weighted by Gasteiger charge is -2.07. The number of carbonyl (C=O) groups excluding carboxylic acids is 2. The molecule has 1 aliphatic rings. The smallest absolute Gasteiger partial charge is 0.240 e. The molecule has 1 atom stereocenters. The van der Waals surface area contributed by atoms with E-state index < -0.39 is 5.25 Å². The Morgan fingerprint density at radius 3 is 2.69 bits per heavy atom. The number of nitrogens with one attached hydrogen (secondary N) is 2. The van der Waals surface area contributed by atoms with Crippen LogP contribution < -0.4 is 10.6 Å². The fourth-order valence-corrected chi connectivity index (χ4v) is 4.15. The zero-order valence-electron chi connectivity index (χ0n) is 16.4. The van der Waals surface area contributed by atoms with Gasteiger partial charge < -0.3 is 15.1 Å². The Hall–Kier alpha value is -3.07. The van der Waals surface area contributed by atoms with Crippen LogP contribution in [0, 0.1) is 0 Å². The van der Waals surface area contributed by atoms with Gasteiger partial charge in [0.25, 0.3) is 0 Å². The van der Waals surface area contributed by atoms with Gasteiger partial charge in [0.2, 0.25) is 11.8 Å². The molecule has 10 heteroatoms. The molecule has 7 nitrogen and oxygen atoms in total. The van der Waals surface area contributed by atoms with E-state index in [1.165, 1.54) is 6.21 Å². The van der Waals surface area contributed by atoms with Crippen LogP contribution in [0.4, 0.5) is 5.69 Å². The maximum absolute atomic E-state index is 12.2. The lowest BCUT2D eigenvalue weighted by Crippen LogP contribution is -2.28. The number of benzene rings is 2. The van der Waals surface area contributed by atoms with E-state index in [1.807, 2.05) is 18.2 Å². The van der Waals surface area contributed by atoms with Crippen LogP contribution in [0.2, 0.25) is 10.0 Å². The Morgan fingerprint density at radius 1 is 1.12 bits per heavy atom. The van der Waals surface area contributed by atoms with Crippen LogP contribution in [-0.2, 0) is 9.59 Å². The number of amides is 2. The molecule has 1 aromatic heterocycles. The van der Waals surface area contributed by atoms with E-state index in [1.54, 1.807) is 42.5 Å². The molecule has 2 N–H and O–H groups in total. The van der Waals surface area contributed by atoms with Crippen LogP contribution in [0.1, 0.15) is 12.2 Å². The standard InChI is InChI=1S/C22H16Cl2N4O3S/c23-13-5-7-14(8-6-13)26-20(29)11-19-21(30)27-22(32-19)28-25-12-15-9-10-18(31-15)16-3-1-2-4-17(16)24/h1-10,12,19H,11H2,(H,26,29)(H,27,28,30)/b25-12+. The van der Waals surface area contributed by atoms with Crippen LogP contribution in [-0.4, -0.2) is 28.4 Å². The SMILES string of the molecule is O=C(CC1S/C(=N\N=C\c2ccc(-c3ccccc3Cl)o2)NC1=O)Nc1ccc(Cl)cc1. The molecule has 1 saturated heterocycles. The zero-order chi connectivity index (χ0) is 22.5. The first-order valence-electron chi connectivity index (χ1n) is 9.46. The van der Waals surface area contributed by atoms with Gasteiger partial charge in [-0.15, -0.1) is 5.10 Å². The molecular formula is C22H16Cl2N4O3S. The molecule has 2 heterocycles. The monoisotopic (exact) mass is 486 g/mol. The lowest BCUT2D eigenvalue weighted by atomic mass is 10.2. The third-order valence-corrected chi connectivity index (χ3v) is 6.03. The maximum Gasteiger partial charge on any atom is 0.240 e. The largest absolute Gasteiger partial charge is 0.455 e. The highest BCUT2D eigenvalue weighted by molar-refractivity contribution is 8.15. The first-order valence-corrected chi connectivity index (χ1v) is 11.1. The second-order valence-electron chi connectivity index (χ2n) is 6.69. The number of hydrogen-bond acceptors (Lipinski definition) is 6. The number of nitrogens with zero attached hydrogens (tertiary/aromatic N) is 2. The molecule has 32 heavy (non-hydrogen) atoms. The second-order valence-corrected chi connectivity index (χ2v) is 8.72. The fraction of sp³-hybridized carbons (Fsp3) is 0.0909. The first-order chi connectivity index (χ1) is 15.5.